The summed E-state index contributed by atoms with van der Waals surface area (Å²) in [5.74, 6) is 5.25. The highest BCUT2D eigenvalue weighted by Gasteiger charge is 2.31. The fraction of sp³-hybridized carbons (Fsp3) is 0.812. The van der Waals surface area contributed by atoms with Crippen molar-refractivity contribution in [2.75, 3.05) is 0 Å². The van der Waals surface area contributed by atoms with Gasteiger partial charge in [0.25, 0.3) is 0 Å². The second kappa shape index (κ2) is 14.5. The molecule has 0 aliphatic heterocycles. The third-order valence-electron chi connectivity index (χ3n) is 9.44. The van der Waals surface area contributed by atoms with Gasteiger partial charge in [0.1, 0.15) is 0 Å². The Bertz CT molecular complexity index is 567. The molecule has 0 aromatic heterocycles. The lowest BCUT2D eigenvalue weighted by Crippen LogP contribution is -2.26. The van der Waals surface area contributed by atoms with E-state index in [9.17, 15) is 0 Å². The number of allylic oxidation sites excluding steroid dienone is 5. The molecular formula is C32H54. The van der Waals surface area contributed by atoms with Crippen LogP contribution in [0.4, 0.5) is 0 Å². The van der Waals surface area contributed by atoms with E-state index in [0.717, 1.165) is 35.5 Å². The fourth-order valence-corrected chi connectivity index (χ4v) is 7.44. The first-order valence-corrected chi connectivity index (χ1v) is 14.7. The van der Waals surface area contributed by atoms with E-state index in [1.807, 2.05) is 0 Å². The SMILES string of the molecule is C=C(C1CCC(CCC)CC1)C1CCCCC1/C=C/CC(CC/C=C/C)C1CCCCC1. The molecule has 0 saturated heterocycles. The molecule has 0 nitrogen and oxygen atoms in total. The summed E-state index contributed by atoms with van der Waals surface area (Å²) >= 11 is 0. The van der Waals surface area contributed by atoms with Crippen molar-refractivity contribution in [3.05, 3.63) is 36.5 Å². The first-order valence-electron chi connectivity index (χ1n) is 14.7. The molecule has 3 fully saturated rings. The predicted octanol–water partition coefficient (Wildman–Crippen LogP) is 10.5. The molecule has 0 aromatic rings. The Morgan fingerprint density at radius 1 is 0.875 bits per heavy atom. The van der Waals surface area contributed by atoms with Crippen LogP contribution in [0.5, 0.6) is 0 Å². The van der Waals surface area contributed by atoms with Crippen molar-refractivity contribution in [3.8, 4) is 0 Å². The van der Waals surface area contributed by atoms with Crippen LogP contribution in [-0.4, -0.2) is 0 Å². The molecule has 0 heterocycles. The molecule has 3 unspecified atom stereocenters. The number of hydrogen-bond acceptors (Lipinski definition) is 0. The first-order chi connectivity index (χ1) is 15.7. The van der Waals surface area contributed by atoms with E-state index in [0.29, 0.717) is 0 Å². The molecule has 0 heteroatoms. The topological polar surface area (TPSA) is 0 Å². The van der Waals surface area contributed by atoms with E-state index in [-0.39, 0.29) is 0 Å². The molecule has 0 spiro atoms. The van der Waals surface area contributed by atoms with Crippen molar-refractivity contribution < 1.29 is 0 Å². The van der Waals surface area contributed by atoms with Gasteiger partial charge in [0.05, 0.1) is 0 Å². The fourth-order valence-electron chi connectivity index (χ4n) is 7.44. The Balaban J connectivity index is 1.55. The Kier molecular flexibility index (Phi) is 11.7. The van der Waals surface area contributed by atoms with E-state index in [4.69, 9.17) is 6.58 Å². The molecule has 3 saturated carbocycles. The van der Waals surface area contributed by atoms with Gasteiger partial charge >= 0.3 is 0 Å². The van der Waals surface area contributed by atoms with Crippen molar-refractivity contribution in [2.45, 2.75) is 129 Å². The largest absolute Gasteiger partial charge is 0.0993 e. The second-order valence-corrected chi connectivity index (χ2v) is 11.6. The summed E-state index contributed by atoms with van der Waals surface area (Å²) in [5, 5.41) is 0. The van der Waals surface area contributed by atoms with Crippen LogP contribution in [0.15, 0.2) is 36.5 Å². The van der Waals surface area contributed by atoms with Crippen LogP contribution >= 0.6 is 0 Å². The third kappa shape index (κ3) is 7.92. The molecule has 182 valence electrons. The zero-order valence-corrected chi connectivity index (χ0v) is 21.7. The van der Waals surface area contributed by atoms with E-state index >= 15 is 0 Å². The summed E-state index contributed by atoms with van der Waals surface area (Å²) in [6, 6.07) is 0. The summed E-state index contributed by atoms with van der Waals surface area (Å²) < 4.78 is 0. The summed E-state index contributed by atoms with van der Waals surface area (Å²) in [7, 11) is 0. The van der Waals surface area contributed by atoms with Crippen LogP contribution in [0.3, 0.4) is 0 Å². The van der Waals surface area contributed by atoms with Gasteiger partial charge in [-0.3, -0.25) is 0 Å². The van der Waals surface area contributed by atoms with Crippen molar-refractivity contribution in [2.24, 2.45) is 35.5 Å². The average molecular weight is 439 g/mol. The molecule has 3 rings (SSSR count). The second-order valence-electron chi connectivity index (χ2n) is 11.6. The highest BCUT2D eigenvalue weighted by Crippen LogP contribution is 2.44. The van der Waals surface area contributed by atoms with Crippen molar-refractivity contribution in [1.82, 2.24) is 0 Å². The van der Waals surface area contributed by atoms with Crippen LogP contribution in [-0.2, 0) is 0 Å². The minimum atomic E-state index is 0.767. The van der Waals surface area contributed by atoms with Gasteiger partial charge in [-0.2, -0.15) is 0 Å². The van der Waals surface area contributed by atoms with Crippen LogP contribution in [0.2, 0.25) is 0 Å². The molecule has 0 N–H and O–H groups in total. The molecular weight excluding hydrogens is 384 g/mol. The monoisotopic (exact) mass is 438 g/mol. The standard InChI is InChI=1S/C32H54/c1-4-6-8-15-30(29-16-9-7-10-17-29)19-13-20-31-18-11-12-21-32(31)26(3)28-24-22-27(14-5-2)23-25-28/h4,6,13,20,27-32H,3,5,7-12,14-19,21-25H2,1-2H3/b6-4+,20-13+. The van der Waals surface area contributed by atoms with Gasteiger partial charge in [0.15, 0.2) is 0 Å². The summed E-state index contributed by atoms with van der Waals surface area (Å²) in [6.07, 6.45) is 35.5. The highest BCUT2D eigenvalue weighted by molar-refractivity contribution is 5.13. The minimum absolute atomic E-state index is 0.767. The van der Waals surface area contributed by atoms with Gasteiger partial charge in [-0.1, -0.05) is 101 Å². The summed E-state index contributed by atoms with van der Waals surface area (Å²) in [5.41, 5.74) is 1.64. The lowest BCUT2D eigenvalue weighted by molar-refractivity contribution is 0.235. The maximum Gasteiger partial charge on any atom is -0.0140 e. The normalized spacial score (nSPS) is 31.3. The lowest BCUT2D eigenvalue weighted by atomic mass is 9.68. The molecule has 3 aliphatic rings. The Morgan fingerprint density at radius 3 is 2.31 bits per heavy atom. The van der Waals surface area contributed by atoms with Gasteiger partial charge in [-0.25, -0.2) is 0 Å². The smallest absolute Gasteiger partial charge is 0.0140 e. The zero-order chi connectivity index (χ0) is 22.6. The van der Waals surface area contributed by atoms with Gasteiger partial charge < -0.3 is 0 Å². The van der Waals surface area contributed by atoms with E-state index in [1.54, 1.807) is 5.57 Å². The summed E-state index contributed by atoms with van der Waals surface area (Å²) in [4.78, 5) is 0. The van der Waals surface area contributed by atoms with Gasteiger partial charge in [0, 0.05) is 0 Å². The first kappa shape index (κ1) is 25.8. The van der Waals surface area contributed by atoms with Crippen molar-refractivity contribution in [1.29, 1.82) is 0 Å². The van der Waals surface area contributed by atoms with Gasteiger partial charge in [-0.15, -0.1) is 0 Å². The van der Waals surface area contributed by atoms with Gasteiger partial charge in [0.2, 0.25) is 0 Å². The van der Waals surface area contributed by atoms with E-state index < -0.39 is 0 Å². The number of hydrogen-bond donors (Lipinski definition) is 0. The minimum Gasteiger partial charge on any atom is -0.0993 e. The lowest BCUT2D eigenvalue weighted by Gasteiger charge is -2.37. The van der Waals surface area contributed by atoms with Crippen LogP contribution in [0, 0.1) is 35.5 Å². The Hall–Kier alpha value is -0.780. The van der Waals surface area contributed by atoms with Crippen LogP contribution in [0.25, 0.3) is 0 Å². The molecule has 0 amide bonds. The highest BCUT2D eigenvalue weighted by atomic mass is 14.4. The maximum atomic E-state index is 4.75. The molecule has 0 radical (unpaired) electrons. The molecule has 0 aromatic carbocycles. The molecule has 3 atom stereocenters. The zero-order valence-electron chi connectivity index (χ0n) is 21.7. The Morgan fingerprint density at radius 2 is 1.59 bits per heavy atom. The third-order valence-corrected chi connectivity index (χ3v) is 9.44. The predicted molar refractivity (Wildman–Crippen MR) is 143 cm³/mol. The maximum absolute atomic E-state index is 4.75. The average Bonchev–Trinajstić information content (AvgIpc) is 2.84. The van der Waals surface area contributed by atoms with E-state index in [1.165, 1.54) is 116 Å². The quantitative estimate of drug-likeness (QED) is 0.281. The van der Waals surface area contributed by atoms with Crippen molar-refractivity contribution in [3.63, 3.8) is 0 Å². The van der Waals surface area contributed by atoms with Crippen molar-refractivity contribution >= 4 is 0 Å². The Labute approximate surface area is 201 Å². The van der Waals surface area contributed by atoms with Crippen LogP contribution < -0.4 is 0 Å². The number of rotatable bonds is 11. The molecule has 32 heavy (non-hydrogen) atoms. The van der Waals surface area contributed by atoms with E-state index in [2.05, 4.69) is 38.2 Å². The van der Waals surface area contributed by atoms with Crippen LogP contribution in [0.1, 0.15) is 129 Å². The van der Waals surface area contributed by atoms with Gasteiger partial charge in [-0.05, 0) is 100 Å². The molecule has 3 aliphatic carbocycles. The molecule has 0 bridgehead atoms. The summed E-state index contributed by atoms with van der Waals surface area (Å²) in [6.45, 7) is 9.27.